The van der Waals surface area contributed by atoms with Gasteiger partial charge in [-0.3, -0.25) is 8.97 Å². The predicted octanol–water partition coefficient (Wildman–Crippen LogP) is 9.50. The molecular weight excluding hydrogens is 665 g/mol. The molecule has 0 fully saturated rings. The first-order chi connectivity index (χ1) is 26.7. The normalized spacial score (nSPS) is 19.9. The van der Waals surface area contributed by atoms with Gasteiger partial charge >= 0.3 is 0 Å². The van der Waals surface area contributed by atoms with E-state index in [2.05, 4.69) is 24.5 Å². The Hall–Kier alpha value is -0.900. The van der Waals surface area contributed by atoms with Crippen molar-refractivity contribution in [3.05, 3.63) is 0 Å². The molecule has 2 unspecified atom stereocenters. The summed E-state index contributed by atoms with van der Waals surface area (Å²) in [6, 6.07) is 0. The lowest BCUT2D eigenvalue weighted by atomic mass is 10.0. The summed E-state index contributed by atoms with van der Waals surface area (Å²) in [4.78, 5) is 10.3. The van der Waals surface area contributed by atoms with Crippen LogP contribution >= 0.6 is 0 Å². The summed E-state index contributed by atoms with van der Waals surface area (Å²) >= 11 is 0. The summed E-state index contributed by atoms with van der Waals surface area (Å²) in [7, 11) is 0. The molecule has 0 aromatic heterocycles. The van der Waals surface area contributed by atoms with E-state index in [4.69, 9.17) is 21.5 Å². The van der Waals surface area contributed by atoms with Crippen LogP contribution in [0.25, 0.3) is 0 Å². The molecule has 2 heterocycles. The first kappa shape index (κ1) is 49.2. The van der Waals surface area contributed by atoms with Crippen molar-refractivity contribution in [1.29, 1.82) is 0 Å². The van der Waals surface area contributed by atoms with Crippen molar-refractivity contribution in [2.45, 2.75) is 194 Å². The van der Waals surface area contributed by atoms with E-state index in [0.717, 1.165) is 48.2 Å². The van der Waals surface area contributed by atoms with Crippen molar-refractivity contribution >= 4 is 11.7 Å². The number of amidine groups is 2. The number of nitrogens with one attached hydrogen (secondary N) is 2. The van der Waals surface area contributed by atoms with E-state index in [1.165, 1.54) is 231 Å². The molecule has 8 nitrogen and oxygen atoms in total. The minimum absolute atomic E-state index is 0.717. The van der Waals surface area contributed by atoms with Crippen LogP contribution in [0.2, 0.25) is 0 Å². The molecule has 318 valence electrons. The molecule has 0 amide bonds. The van der Waals surface area contributed by atoms with E-state index < -0.39 is 0 Å². The molecule has 0 aromatic carbocycles. The maximum absolute atomic E-state index is 5.82. The number of nitrogens with two attached hydrogens (primary N) is 2. The summed E-state index contributed by atoms with van der Waals surface area (Å²) in [5.41, 5.74) is 11.6. The highest BCUT2D eigenvalue weighted by atomic mass is 15.4. The Morgan fingerprint density at radius 1 is 0.407 bits per heavy atom. The minimum atomic E-state index is 0.717. The highest BCUT2D eigenvalue weighted by Crippen LogP contribution is 2.25. The fraction of sp³-hybridized carbons (Fsp3) is 0.957. The number of quaternary nitrogens is 2. The molecule has 54 heavy (non-hydrogen) atoms. The topological polar surface area (TPSA) is 101 Å². The zero-order valence-corrected chi connectivity index (χ0v) is 36.6. The summed E-state index contributed by atoms with van der Waals surface area (Å²) < 4.78 is 2.27. The average Bonchev–Trinajstić information content (AvgIpc) is 3.78. The summed E-state index contributed by atoms with van der Waals surface area (Å²) in [6.45, 7) is 19.3. The zero-order chi connectivity index (χ0) is 38.7. The van der Waals surface area contributed by atoms with Crippen molar-refractivity contribution in [3.63, 3.8) is 0 Å². The zero-order valence-electron chi connectivity index (χ0n) is 36.6. The van der Waals surface area contributed by atoms with Crippen molar-refractivity contribution in [1.82, 2.24) is 10.6 Å². The first-order valence-corrected chi connectivity index (χ1v) is 24.3. The molecule has 0 radical (unpaired) electrons. The lowest BCUT2D eigenvalue weighted by molar-refractivity contribution is -0.836. The third-order valence-electron chi connectivity index (χ3n) is 12.7. The molecule has 0 saturated carbocycles. The second-order valence-electron chi connectivity index (χ2n) is 17.3. The summed E-state index contributed by atoms with van der Waals surface area (Å²) in [6.07, 6.45) is 38.6. The monoisotopic (exact) mass is 761 g/mol. The van der Waals surface area contributed by atoms with Gasteiger partial charge in [-0.05, 0) is 38.5 Å². The molecule has 0 aromatic rings. The van der Waals surface area contributed by atoms with Crippen LogP contribution in [-0.4, -0.2) is 112 Å². The number of hydrogen-bond donors (Lipinski definition) is 4. The van der Waals surface area contributed by atoms with Gasteiger partial charge in [0.1, 0.15) is 13.1 Å². The molecule has 2 rings (SSSR count). The first-order valence-electron chi connectivity index (χ1n) is 24.3. The standard InChI is InChI=1S/C46H96N8/c1-3-5-7-9-11-13-15-17-19-21-25-29-45-51-37-43-53(45,41-35-49-33-31-47)39-27-23-24-28-40-54(42-36-50-34-32-48)44-38-52-46(54)30-26-22-20-18-16-14-12-10-8-6-4-2/h49-50H,3-44,47-48H2,1-2H3/q+2. The number of aliphatic imine (C=N–C) groups is 2. The molecule has 0 aliphatic carbocycles. The van der Waals surface area contributed by atoms with Gasteiger partial charge in [0.25, 0.3) is 0 Å². The fourth-order valence-corrected chi connectivity index (χ4v) is 9.24. The molecule has 2 aliphatic rings. The van der Waals surface area contributed by atoms with E-state index in [0.29, 0.717) is 13.1 Å². The van der Waals surface area contributed by atoms with E-state index in [9.17, 15) is 0 Å². The van der Waals surface area contributed by atoms with Gasteiger partial charge in [0.15, 0.2) is 11.7 Å². The largest absolute Gasteiger partial charge is 0.329 e. The van der Waals surface area contributed by atoms with Gasteiger partial charge in [-0.25, -0.2) is 9.98 Å². The van der Waals surface area contributed by atoms with E-state index in [-0.39, 0.29) is 0 Å². The molecule has 0 bridgehead atoms. The number of unbranched alkanes of at least 4 members (excludes halogenated alkanes) is 23. The van der Waals surface area contributed by atoms with Crippen LogP contribution in [-0.2, 0) is 0 Å². The van der Waals surface area contributed by atoms with Crippen LogP contribution in [0.15, 0.2) is 9.98 Å². The minimum Gasteiger partial charge on any atom is -0.329 e. The van der Waals surface area contributed by atoms with Gasteiger partial charge in [-0.1, -0.05) is 142 Å². The Bertz CT molecular complexity index is 837. The van der Waals surface area contributed by atoms with Crippen LogP contribution in [0.1, 0.15) is 194 Å². The number of nitrogens with zero attached hydrogens (tertiary/aromatic N) is 4. The molecule has 0 saturated heterocycles. The maximum atomic E-state index is 5.82. The van der Waals surface area contributed by atoms with Gasteiger partial charge < -0.3 is 22.1 Å². The van der Waals surface area contributed by atoms with Crippen LogP contribution in [0.4, 0.5) is 0 Å². The van der Waals surface area contributed by atoms with Crippen molar-refractivity contribution < 1.29 is 8.97 Å². The van der Waals surface area contributed by atoms with Crippen LogP contribution < -0.4 is 22.1 Å². The highest BCUT2D eigenvalue weighted by Gasteiger charge is 2.38. The molecule has 8 heteroatoms. The average molecular weight is 761 g/mol. The highest BCUT2D eigenvalue weighted by molar-refractivity contribution is 5.77. The van der Waals surface area contributed by atoms with Gasteiger partial charge in [-0.2, -0.15) is 0 Å². The Morgan fingerprint density at radius 3 is 1.06 bits per heavy atom. The second-order valence-corrected chi connectivity index (χ2v) is 17.3. The quantitative estimate of drug-likeness (QED) is 0.0369. The molecule has 2 atom stereocenters. The van der Waals surface area contributed by atoms with Crippen LogP contribution in [0.5, 0.6) is 0 Å². The third kappa shape index (κ3) is 22.1. The maximum Gasteiger partial charge on any atom is 0.198 e. The Kier molecular flexibility index (Phi) is 31.2. The molecule has 6 N–H and O–H groups in total. The summed E-state index contributed by atoms with van der Waals surface area (Å²) in [5, 5.41) is 7.22. The number of hydrogen-bond acceptors (Lipinski definition) is 6. The van der Waals surface area contributed by atoms with Crippen molar-refractivity contribution in [2.75, 3.05) is 91.6 Å². The third-order valence-corrected chi connectivity index (χ3v) is 12.7. The lowest BCUT2D eigenvalue weighted by Crippen LogP contribution is -2.55. The smallest absolute Gasteiger partial charge is 0.198 e. The van der Waals surface area contributed by atoms with Crippen molar-refractivity contribution in [2.24, 2.45) is 21.5 Å². The Morgan fingerprint density at radius 2 is 0.722 bits per heavy atom. The molecule has 2 aliphatic heterocycles. The van der Waals surface area contributed by atoms with Gasteiger partial charge in [0.05, 0.1) is 39.3 Å². The number of rotatable bonds is 41. The molecule has 0 spiro atoms. The fourth-order valence-electron chi connectivity index (χ4n) is 9.24. The van der Waals surface area contributed by atoms with Crippen LogP contribution in [0.3, 0.4) is 0 Å². The SMILES string of the molecule is CCCCCCCCCCCCCC1=NCC[N+]1(CCCCCC[N+]1(CCNCCN)CCN=C1CCCCCCCCCCCCC)CCNCCN. The van der Waals surface area contributed by atoms with E-state index in [1.807, 2.05) is 0 Å². The Labute approximate surface area is 337 Å². The van der Waals surface area contributed by atoms with Gasteiger partial charge in [-0.15, -0.1) is 0 Å². The Balaban J connectivity index is 1.76. The molecular formula is C46H96N8+2. The van der Waals surface area contributed by atoms with Crippen molar-refractivity contribution in [3.8, 4) is 0 Å². The van der Waals surface area contributed by atoms with Gasteiger partial charge in [0.2, 0.25) is 0 Å². The van der Waals surface area contributed by atoms with E-state index >= 15 is 0 Å². The van der Waals surface area contributed by atoms with Crippen LogP contribution in [0, 0.1) is 0 Å². The lowest BCUT2D eigenvalue weighted by Gasteiger charge is -2.36. The van der Waals surface area contributed by atoms with E-state index in [1.54, 1.807) is 0 Å². The van der Waals surface area contributed by atoms with Gasteiger partial charge in [0, 0.05) is 52.1 Å². The second kappa shape index (κ2) is 34.2. The summed E-state index contributed by atoms with van der Waals surface area (Å²) in [5.74, 6) is 3.02. The predicted molar refractivity (Wildman–Crippen MR) is 239 cm³/mol.